The lowest BCUT2D eigenvalue weighted by Gasteiger charge is -1.95. The summed E-state index contributed by atoms with van der Waals surface area (Å²) in [6, 6.07) is 4.11. The molecule has 0 saturated heterocycles. The second kappa shape index (κ2) is 2.20. The van der Waals surface area contributed by atoms with E-state index in [4.69, 9.17) is 12.2 Å². The molecule has 52 valence electrons. The molecule has 0 aromatic carbocycles. The Labute approximate surface area is 65.1 Å². The molecule has 0 fully saturated rings. The van der Waals surface area contributed by atoms with E-state index in [1.54, 1.807) is 0 Å². The summed E-state index contributed by atoms with van der Waals surface area (Å²) in [7, 11) is 0. The first kappa shape index (κ1) is 6.10. The van der Waals surface area contributed by atoms with E-state index in [1.165, 1.54) is 30.5 Å². The van der Waals surface area contributed by atoms with Crippen LogP contribution in [0.15, 0.2) is 12.1 Å². The number of pyridine rings is 1. The van der Waals surface area contributed by atoms with E-state index in [1.807, 2.05) is 6.07 Å². The van der Waals surface area contributed by atoms with Crippen molar-refractivity contribution in [2.45, 2.75) is 19.3 Å². The minimum atomic E-state index is 0.862. The molecule has 1 N–H and O–H groups in total. The fraction of sp³-hybridized carbons (Fsp3) is 0.375. The minimum Gasteiger partial charge on any atom is -0.350 e. The van der Waals surface area contributed by atoms with Crippen molar-refractivity contribution in [3.8, 4) is 0 Å². The van der Waals surface area contributed by atoms with Gasteiger partial charge in [0.15, 0.2) is 0 Å². The molecule has 2 rings (SSSR count). The summed E-state index contributed by atoms with van der Waals surface area (Å²) in [5.74, 6) is 0. The summed E-state index contributed by atoms with van der Waals surface area (Å²) in [4.78, 5) is 3.20. The van der Waals surface area contributed by atoms with Gasteiger partial charge in [-0.3, -0.25) is 0 Å². The number of fused-ring (bicyclic) bond motifs is 1. The van der Waals surface area contributed by atoms with Gasteiger partial charge in [0.25, 0.3) is 0 Å². The summed E-state index contributed by atoms with van der Waals surface area (Å²) in [6.45, 7) is 0. The maximum atomic E-state index is 5.00. The maximum Gasteiger partial charge on any atom is 0.103 e. The summed E-state index contributed by atoms with van der Waals surface area (Å²) in [5, 5.41) is 0. The Morgan fingerprint density at radius 2 is 2.20 bits per heavy atom. The number of rotatable bonds is 0. The van der Waals surface area contributed by atoms with Crippen molar-refractivity contribution >= 4 is 12.2 Å². The normalized spacial score (nSPS) is 15.2. The van der Waals surface area contributed by atoms with Crippen molar-refractivity contribution < 1.29 is 0 Å². The van der Waals surface area contributed by atoms with Gasteiger partial charge in [-0.05, 0) is 30.9 Å². The summed E-state index contributed by atoms with van der Waals surface area (Å²) >= 11 is 5.00. The molecule has 1 heterocycles. The molecule has 0 amide bonds. The third-order valence-electron chi connectivity index (χ3n) is 1.97. The molecule has 2 heteroatoms. The first-order chi connectivity index (χ1) is 4.86. The highest BCUT2D eigenvalue weighted by Crippen LogP contribution is 2.18. The Kier molecular flexibility index (Phi) is 1.34. The highest BCUT2D eigenvalue weighted by Gasteiger charge is 2.08. The Morgan fingerprint density at radius 1 is 1.30 bits per heavy atom. The predicted molar refractivity (Wildman–Crippen MR) is 43.7 cm³/mol. The molecule has 1 aliphatic rings. The number of H-pyrrole nitrogens is 1. The first-order valence-electron chi connectivity index (χ1n) is 3.57. The maximum absolute atomic E-state index is 5.00. The van der Waals surface area contributed by atoms with Gasteiger partial charge in [0.2, 0.25) is 0 Å². The average molecular weight is 151 g/mol. The Balaban J connectivity index is 2.63. The molecule has 0 saturated carbocycles. The van der Waals surface area contributed by atoms with Crippen LogP contribution in [-0.4, -0.2) is 4.98 Å². The van der Waals surface area contributed by atoms with Gasteiger partial charge >= 0.3 is 0 Å². The molecule has 10 heavy (non-hydrogen) atoms. The zero-order valence-corrected chi connectivity index (χ0v) is 6.50. The average Bonchev–Trinajstić information content (AvgIpc) is 2.33. The number of hydrogen-bond donors (Lipinski definition) is 1. The van der Waals surface area contributed by atoms with Crippen molar-refractivity contribution in [1.29, 1.82) is 0 Å². The van der Waals surface area contributed by atoms with Gasteiger partial charge in [0.05, 0.1) is 0 Å². The number of aryl methyl sites for hydroxylation is 2. The summed E-state index contributed by atoms with van der Waals surface area (Å²) < 4.78 is 0.862. The Hall–Kier alpha value is -0.630. The van der Waals surface area contributed by atoms with E-state index in [0.717, 1.165) is 4.64 Å². The monoisotopic (exact) mass is 151 g/mol. The second-order valence-corrected chi connectivity index (χ2v) is 3.12. The van der Waals surface area contributed by atoms with Crippen molar-refractivity contribution in [1.82, 2.24) is 4.98 Å². The topological polar surface area (TPSA) is 15.8 Å². The van der Waals surface area contributed by atoms with Crippen molar-refractivity contribution in [3.63, 3.8) is 0 Å². The molecule has 1 aromatic rings. The molecule has 1 aliphatic carbocycles. The van der Waals surface area contributed by atoms with Crippen LogP contribution >= 0.6 is 12.2 Å². The van der Waals surface area contributed by atoms with Crippen LogP contribution in [0.5, 0.6) is 0 Å². The lowest BCUT2D eigenvalue weighted by molar-refractivity contribution is 0.899. The predicted octanol–water partition coefficient (Wildman–Crippen LogP) is 2.23. The fourth-order valence-electron chi connectivity index (χ4n) is 1.46. The second-order valence-electron chi connectivity index (χ2n) is 2.68. The van der Waals surface area contributed by atoms with E-state index in [0.29, 0.717) is 0 Å². The molecule has 0 radical (unpaired) electrons. The molecule has 0 bridgehead atoms. The number of aromatic nitrogens is 1. The molecule has 0 spiro atoms. The highest BCUT2D eigenvalue weighted by atomic mass is 32.1. The van der Waals surface area contributed by atoms with Crippen LogP contribution in [0.4, 0.5) is 0 Å². The zero-order chi connectivity index (χ0) is 6.97. The number of aromatic amines is 1. The van der Waals surface area contributed by atoms with Gasteiger partial charge in [-0.25, -0.2) is 0 Å². The molecular formula is C8H9NS. The van der Waals surface area contributed by atoms with Crippen LogP contribution in [-0.2, 0) is 12.8 Å². The quantitative estimate of drug-likeness (QED) is 0.562. The van der Waals surface area contributed by atoms with Crippen molar-refractivity contribution in [2.75, 3.05) is 0 Å². The Morgan fingerprint density at radius 3 is 3.10 bits per heavy atom. The van der Waals surface area contributed by atoms with Crippen molar-refractivity contribution in [3.05, 3.63) is 28.0 Å². The highest BCUT2D eigenvalue weighted by molar-refractivity contribution is 7.71. The third kappa shape index (κ3) is 0.886. The van der Waals surface area contributed by atoms with Crippen LogP contribution in [0.3, 0.4) is 0 Å². The van der Waals surface area contributed by atoms with Crippen LogP contribution in [0.2, 0.25) is 0 Å². The largest absolute Gasteiger partial charge is 0.350 e. The lowest BCUT2D eigenvalue weighted by atomic mass is 10.2. The van der Waals surface area contributed by atoms with Crippen LogP contribution in [0.25, 0.3) is 0 Å². The Bertz CT molecular complexity index is 300. The minimum absolute atomic E-state index is 0.862. The van der Waals surface area contributed by atoms with Gasteiger partial charge in [0, 0.05) is 5.69 Å². The SMILES string of the molecule is S=c1ccc2c([nH]1)CCC2. The third-order valence-corrected chi connectivity index (χ3v) is 2.21. The van der Waals surface area contributed by atoms with E-state index in [2.05, 4.69) is 11.1 Å². The lowest BCUT2D eigenvalue weighted by Crippen LogP contribution is -1.86. The first-order valence-corrected chi connectivity index (χ1v) is 3.98. The summed E-state index contributed by atoms with van der Waals surface area (Å²) in [6.07, 6.45) is 3.69. The van der Waals surface area contributed by atoms with E-state index >= 15 is 0 Å². The van der Waals surface area contributed by atoms with Crippen LogP contribution in [0, 0.1) is 4.64 Å². The van der Waals surface area contributed by atoms with Crippen LogP contribution in [0.1, 0.15) is 17.7 Å². The van der Waals surface area contributed by atoms with Gasteiger partial charge < -0.3 is 4.98 Å². The molecule has 1 aromatic heterocycles. The molecule has 0 atom stereocenters. The number of nitrogens with one attached hydrogen (secondary N) is 1. The molecule has 0 aliphatic heterocycles. The summed E-state index contributed by atoms with van der Waals surface area (Å²) in [5.41, 5.74) is 2.81. The van der Waals surface area contributed by atoms with E-state index in [9.17, 15) is 0 Å². The van der Waals surface area contributed by atoms with E-state index < -0.39 is 0 Å². The zero-order valence-electron chi connectivity index (χ0n) is 5.68. The van der Waals surface area contributed by atoms with Crippen molar-refractivity contribution in [2.24, 2.45) is 0 Å². The molecule has 1 nitrogen and oxygen atoms in total. The van der Waals surface area contributed by atoms with Gasteiger partial charge in [0.1, 0.15) is 4.64 Å². The fourth-order valence-corrected chi connectivity index (χ4v) is 1.65. The standard InChI is InChI=1S/C8H9NS/c10-8-5-4-6-2-1-3-7(6)9-8/h4-5H,1-3H2,(H,9,10). The van der Waals surface area contributed by atoms with E-state index in [-0.39, 0.29) is 0 Å². The molecular weight excluding hydrogens is 142 g/mol. The number of hydrogen-bond acceptors (Lipinski definition) is 1. The van der Waals surface area contributed by atoms with Gasteiger partial charge in [-0.15, -0.1) is 0 Å². The smallest absolute Gasteiger partial charge is 0.103 e. The molecule has 0 unspecified atom stereocenters. The van der Waals surface area contributed by atoms with Gasteiger partial charge in [-0.1, -0.05) is 18.3 Å². The van der Waals surface area contributed by atoms with Gasteiger partial charge in [-0.2, -0.15) is 0 Å². The van der Waals surface area contributed by atoms with Crippen LogP contribution < -0.4 is 0 Å².